The molecule has 0 bridgehead atoms. The third kappa shape index (κ3) is 27.2. The van der Waals surface area contributed by atoms with Crippen molar-refractivity contribution < 1.29 is 73.4 Å². The van der Waals surface area contributed by atoms with Crippen molar-refractivity contribution in [2.75, 3.05) is 46.3 Å². The van der Waals surface area contributed by atoms with Crippen molar-refractivity contribution in [3.05, 3.63) is 311 Å². The monoisotopic (exact) mass is 1490 g/mol. The predicted octanol–water partition coefficient (Wildman–Crippen LogP) is 12.2. The summed E-state index contributed by atoms with van der Waals surface area (Å²) in [6.07, 6.45) is 6.78. The van der Waals surface area contributed by atoms with Gasteiger partial charge in [-0.15, -0.1) is 0 Å². The first kappa shape index (κ1) is 83.8. The standard InChI is InChI=1S/C19H23N3O2.C16H15N3O4.C15H13N3O5.C15H13N3O3.C15H14N2O2/c1-4-22(5-2)17-11-10-16(18(23)12-17)13-20-21-19(24)15-8-6-14(3)7-9-15;1-19(22)13-5-3-4-11(8-13)16(21)18-17-10-12-6-7-14(23-2)9-15(12)20;1-23-13-7-4-11(14(19)8-13)9-16-17-15(20)10-2-5-12(6-3-10)18(21)22;1-18(21)13-7-4-6-11(9-13)15(20)17-16-10-12-5-2-3-8-14(12)19;1-11-5-4-7-12(9-11)15(19)17-16-10-13-6-2-3-8-14(13)18/h6-13,23H,4-5H2,1-3H3,(H,21,24);3-10H,1-2H3,(H-,17,18,20,21);2-9,19H,1H3,(H,17,20);2-10H,1H3,(H-,16,17,19,20);2-10,18H,1H3,(H,17,19)/p+2/b20-13+;;16-9+;;16-10+. The fraction of sp³-hybridized carbons (Fsp3) is 0.125. The van der Waals surface area contributed by atoms with E-state index in [1.165, 1.54) is 114 Å². The van der Waals surface area contributed by atoms with Gasteiger partial charge in [-0.25, -0.2) is 27.1 Å². The van der Waals surface area contributed by atoms with Crippen LogP contribution in [0.4, 0.5) is 22.7 Å². The Hall–Kier alpha value is -15.1. The van der Waals surface area contributed by atoms with E-state index in [4.69, 9.17) is 9.47 Å². The number of benzene rings is 10. The molecule has 0 aliphatic heterocycles. The van der Waals surface area contributed by atoms with Crippen LogP contribution in [0.3, 0.4) is 0 Å². The molecule has 10 rings (SSSR count). The number of hydrogen-bond acceptors (Lipinski definition) is 22. The van der Waals surface area contributed by atoms with Crippen LogP contribution in [0.15, 0.2) is 250 Å². The lowest BCUT2D eigenvalue weighted by Crippen LogP contribution is -2.21. The molecule has 0 spiro atoms. The average Bonchev–Trinajstić information content (AvgIpc) is 0.858. The molecule has 110 heavy (non-hydrogen) atoms. The predicted molar refractivity (Wildman–Crippen MR) is 419 cm³/mol. The number of para-hydroxylation sites is 2. The number of rotatable bonds is 23. The lowest BCUT2D eigenvalue weighted by Gasteiger charge is -2.21. The fourth-order valence-corrected chi connectivity index (χ4v) is 9.18. The van der Waals surface area contributed by atoms with Crippen LogP contribution in [0.5, 0.6) is 40.2 Å². The lowest BCUT2D eigenvalue weighted by atomic mass is 10.1. The first-order chi connectivity index (χ1) is 52.8. The van der Waals surface area contributed by atoms with Gasteiger partial charge in [-0.3, -0.25) is 34.1 Å². The number of phenolic OH excluding ortho intramolecular Hbond substituents is 5. The molecule has 30 heteroatoms. The van der Waals surface area contributed by atoms with E-state index in [9.17, 15) is 69.4 Å². The van der Waals surface area contributed by atoms with Gasteiger partial charge in [-0.1, -0.05) is 71.8 Å². The minimum atomic E-state index is -0.549. The first-order valence-corrected chi connectivity index (χ1v) is 33.3. The largest absolute Gasteiger partial charge is 0.507 e. The van der Waals surface area contributed by atoms with Crippen LogP contribution in [0.25, 0.3) is 0 Å². The molecule has 0 saturated carbocycles. The summed E-state index contributed by atoms with van der Waals surface area (Å²) >= 11 is 0. The minimum absolute atomic E-state index is 0.0164. The zero-order chi connectivity index (χ0) is 80.1. The molecule has 0 aliphatic carbocycles. The number of nitro groups is 1. The molecule has 10 N–H and O–H groups in total. The molecule has 5 amide bonds. The van der Waals surface area contributed by atoms with Gasteiger partial charge in [0.25, 0.3) is 46.6 Å². The quantitative estimate of drug-likeness (QED) is 0.0123. The summed E-state index contributed by atoms with van der Waals surface area (Å²) in [4.78, 5) is 94.0. The van der Waals surface area contributed by atoms with E-state index in [0.717, 1.165) is 29.9 Å². The Bertz CT molecular complexity index is 5030. The Labute approximate surface area is 632 Å². The number of nitrogens with one attached hydrogen (secondary N) is 5. The van der Waals surface area contributed by atoms with Crippen LogP contribution >= 0.6 is 0 Å². The maximum atomic E-state index is 12.0. The molecular formula is C80H80N14O16+2. The van der Waals surface area contributed by atoms with Crippen LogP contribution in [0.2, 0.25) is 0 Å². The molecule has 0 fully saturated rings. The third-order valence-electron chi connectivity index (χ3n) is 15.2. The van der Waals surface area contributed by atoms with E-state index in [0.29, 0.717) is 82.5 Å². The number of methoxy groups -OCH3 is 2. The van der Waals surface area contributed by atoms with Gasteiger partial charge in [-0.2, -0.15) is 25.5 Å². The van der Waals surface area contributed by atoms with E-state index in [1.54, 1.807) is 140 Å². The number of carbonyl (C=O) groups is 5. The number of ether oxygens (including phenoxy) is 2. The molecule has 0 unspecified atom stereocenters. The van der Waals surface area contributed by atoms with Crippen molar-refractivity contribution in [2.24, 2.45) is 25.5 Å². The highest BCUT2D eigenvalue weighted by Gasteiger charge is 2.15. The van der Waals surface area contributed by atoms with E-state index in [1.807, 2.05) is 44.2 Å². The Kier molecular flexibility index (Phi) is 33.0. The number of nitro benzene ring substituents is 1. The fourth-order valence-electron chi connectivity index (χ4n) is 9.18. The van der Waals surface area contributed by atoms with Gasteiger partial charge in [-0.05, 0) is 137 Å². The number of anilines is 1. The molecule has 564 valence electrons. The number of hydrazone groups is 5. The normalized spacial score (nSPS) is 10.6. The zero-order valence-corrected chi connectivity index (χ0v) is 60.9. The van der Waals surface area contributed by atoms with Crippen molar-refractivity contribution in [2.45, 2.75) is 27.7 Å². The number of nitroso groups, excluding NO2 is 2. The second-order valence-corrected chi connectivity index (χ2v) is 23.0. The summed E-state index contributed by atoms with van der Waals surface area (Å²) < 4.78 is 11.3. The van der Waals surface area contributed by atoms with Crippen LogP contribution < -0.4 is 41.5 Å². The van der Waals surface area contributed by atoms with Crippen LogP contribution in [0.1, 0.15) is 105 Å². The van der Waals surface area contributed by atoms with Crippen molar-refractivity contribution in [3.8, 4) is 40.2 Å². The topological polar surface area (TPSA) is 413 Å². The number of phenols is 5. The summed E-state index contributed by atoms with van der Waals surface area (Å²) in [7, 11) is 5.68. The van der Waals surface area contributed by atoms with Gasteiger partial charge in [0.1, 0.15) is 40.2 Å². The number of aryl methyl sites for hydroxylation is 2. The number of non-ortho nitro benzene ring substituents is 1. The SMILES string of the molecule is CCN(CC)c1ccc(/C=N/NC(=O)c2ccc(C)cc2)c(O)c1.COc1ccc(/C=N/NC(=O)c2ccc([N+](=O)[O-])cc2)c(O)c1.COc1ccc(/C=N/NC(=O)c2cccc([N+](C)=O)c2)c(O)c1.C[N+](=O)c1cccc(C(=O)N/N=C/c2ccccc2O)c1.Cc1cccc(C(=O)N/N=C/c2ccccc2O)c1. The zero-order valence-electron chi connectivity index (χ0n) is 60.9. The van der Waals surface area contributed by atoms with E-state index in [2.05, 4.69) is 71.4 Å². The Morgan fingerprint density at radius 1 is 0.373 bits per heavy atom. The summed E-state index contributed by atoms with van der Waals surface area (Å²) in [6.45, 7) is 9.76. The van der Waals surface area contributed by atoms with Crippen LogP contribution in [-0.2, 0) is 0 Å². The van der Waals surface area contributed by atoms with Crippen molar-refractivity contribution >= 4 is 83.4 Å². The van der Waals surface area contributed by atoms with E-state index < -0.39 is 22.6 Å². The summed E-state index contributed by atoms with van der Waals surface area (Å²) in [5.74, 6) is -0.714. The molecule has 0 heterocycles. The highest BCUT2D eigenvalue weighted by atomic mass is 16.6. The number of carbonyl (C=O) groups excluding carboxylic acids is 5. The van der Waals surface area contributed by atoms with Gasteiger partial charge in [0, 0.05) is 148 Å². The number of nitrogens with zero attached hydrogens (tertiary/aromatic N) is 9. The Morgan fingerprint density at radius 3 is 1.05 bits per heavy atom. The Morgan fingerprint density at radius 2 is 0.709 bits per heavy atom. The van der Waals surface area contributed by atoms with E-state index in [-0.39, 0.29) is 51.8 Å². The van der Waals surface area contributed by atoms with Gasteiger partial charge in [0.2, 0.25) is 0 Å². The molecule has 0 radical (unpaired) electrons. The highest BCUT2D eigenvalue weighted by Crippen LogP contribution is 2.26. The summed E-state index contributed by atoms with van der Waals surface area (Å²) in [5, 5.41) is 78.3. The average molecular weight is 1490 g/mol. The molecule has 0 atom stereocenters. The second kappa shape index (κ2) is 43.2. The third-order valence-corrected chi connectivity index (χ3v) is 15.2. The molecular weight excluding hydrogens is 1410 g/mol. The van der Waals surface area contributed by atoms with Crippen molar-refractivity contribution in [1.29, 1.82) is 0 Å². The maximum absolute atomic E-state index is 12.0. The first-order valence-electron chi connectivity index (χ1n) is 33.3. The summed E-state index contributed by atoms with van der Waals surface area (Å²) in [5.41, 5.74) is 19.9. The molecule has 10 aromatic carbocycles. The van der Waals surface area contributed by atoms with Crippen molar-refractivity contribution in [1.82, 2.24) is 27.1 Å². The maximum Gasteiger partial charge on any atom is 0.271 e. The molecule has 0 aliphatic rings. The van der Waals surface area contributed by atoms with Crippen LogP contribution in [-0.4, -0.2) is 142 Å². The molecule has 30 nitrogen and oxygen atoms in total. The number of amides is 5. The number of hydrogen-bond donors (Lipinski definition) is 10. The van der Waals surface area contributed by atoms with Gasteiger partial charge in [0.05, 0.1) is 50.2 Å². The lowest BCUT2D eigenvalue weighted by molar-refractivity contribution is -0.428. The van der Waals surface area contributed by atoms with E-state index >= 15 is 0 Å². The number of aromatic hydroxyl groups is 5. The molecule has 0 aromatic heterocycles. The summed E-state index contributed by atoms with van der Waals surface area (Å²) in [6, 6.07) is 60.3. The van der Waals surface area contributed by atoms with Crippen molar-refractivity contribution in [3.63, 3.8) is 0 Å². The molecule has 10 aromatic rings. The van der Waals surface area contributed by atoms with Crippen LogP contribution in [0, 0.1) is 33.8 Å². The molecule has 0 saturated heterocycles. The second-order valence-electron chi connectivity index (χ2n) is 23.0. The smallest absolute Gasteiger partial charge is 0.271 e. The highest BCUT2D eigenvalue weighted by molar-refractivity contribution is 5.98. The van der Waals surface area contributed by atoms with Gasteiger partial charge in [0.15, 0.2) is 14.1 Å². The minimum Gasteiger partial charge on any atom is -0.507 e. The van der Waals surface area contributed by atoms with Gasteiger partial charge < -0.3 is 39.9 Å². The van der Waals surface area contributed by atoms with Gasteiger partial charge >= 0.3 is 0 Å². The Balaban J connectivity index is 0.000000215.